The molecule has 0 fully saturated rings. The lowest BCUT2D eigenvalue weighted by Crippen LogP contribution is -2.36. The Labute approximate surface area is 161 Å². The Hall–Kier alpha value is -2.65. The second-order valence-electron chi connectivity index (χ2n) is 5.36. The van der Waals surface area contributed by atoms with Crippen LogP contribution in [0.5, 0.6) is 0 Å². The van der Waals surface area contributed by atoms with Gasteiger partial charge in [-0.2, -0.15) is 0 Å². The number of hydrogen-bond acceptors (Lipinski definition) is 4. The van der Waals surface area contributed by atoms with Gasteiger partial charge in [0.2, 0.25) is 5.91 Å². The molecule has 0 heterocycles. The van der Waals surface area contributed by atoms with E-state index in [2.05, 4.69) is 15.4 Å². The van der Waals surface area contributed by atoms with Crippen molar-refractivity contribution in [2.75, 3.05) is 17.8 Å². The molecule has 7 nitrogen and oxygen atoms in total. The first-order valence-electron chi connectivity index (χ1n) is 7.86. The first-order chi connectivity index (χ1) is 12.7. The van der Waals surface area contributed by atoms with Crippen LogP contribution in [0.3, 0.4) is 0 Å². The van der Waals surface area contributed by atoms with Crippen LogP contribution >= 0.6 is 11.6 Å². The lowest BCUT2D eigenvalue weighted by atomic mass is 10.2. The number of nitrogens with one attached hydrogen (secondary N) is 3. The third-order valence-corrected chi connectivity index (χ3v) is 5.09. The van der Waals surface area contributed by atoms with E-state index in [1.54, 1.807) is 6.92 Å². The standard InChI is InChI=1S/C17H17ClFN3O4S/c1-2-20-16(23)10-21-17(24)12-9-11(7-8-13(12)18)27(25,26)22-15-6-4-3-5-14(15)19/h3-9,22H,2,10H2,1H3,(H,20,23)(H,21,24). The summed E-state index contributed by atoms with van der Waals surface area (Å²) in [5, 5.41) is 4.87. The molecule has 2 rings (SSSR count). The zero-order valence-corrected chi connectivity index (χ0v) is 15.8. The second-order valence-corrected chi connectivity index (χ2v) is 7.45. The lowest BCUT2D eigenvalue weighted by Gasteiger charge is -2.11. The van der Waals surface area contributed by atoms with Gasteiger partial charge < -0.3 is 10.6 Å². The molecule has 0 bridgehead atoms. The predicted molar refractivity (Wildman–Crippen MR) is 99.7 cm³/mol. The molecule has 0 aliphatic heterocycles. The predicted octanol–water partition coefficient (Wildman–Crippen LogP) is 2.15. The molecule has 0 saturated carbocycles. The summed E-state index contributed by atoms with van der Waals surface area (Å²) in [5.74, 6) is -1.85. The molecule has 0 aliphatic rings. The van der Waals surface area contributed by atoms with Gasteiger partial charge >= 0.3 is 0 Å². The molecule has 2 aromatic rings. The van der Waals surface area contributed by atoms with Gasteiger partial charge in [-0.25, -0.2) is 12.8 Å². The highest BCUT2D eigenvalue weighted by Crippen LogP contribution is 2.23. The summed E-state index contributed by atoms with van der Waals surface area (Å²) in [4.78, 5) is 23.4. The van der Waals surface area contributed by atoms with Gasteiger partial charge in [-0.3, -0.25) is 14.3 Å². The highest BCUT2D eigenvalue weighted by Gasteiger charge is 2.20. The highest BCUT2D eigenvalue weighted by atomic mass is 35.5. The van der Waals surface area contributed by atoms with Crippen molar-refractivity contribution in [1.29, 1.82) is 0 Å². The molecule has 144 valence electrons. The number of hydrogen-bond donors (Lipinski definition) is 3. The first-order valence-corrected chi connectivity index (χ1v) is 9.72. The van der Waals surface area contributed by atoms with E-state index in [1.807, 2.05) is 0 Å². The molecule has 2 amide bonds. The first kappa shape index (κ1) is 20.7. The van der Waals surface area contributed by atoms with Crippen molar-refractivity contribution < 1.29 is 22.4 Å². The van der Waals surface area contributed by atoms with Gasteiger partial charge in [0.05, 0.1) is 27.7 Å². The summed E-state index contributed by atoms with van der Waals surface area (Å²) in [7, 11) is -4.16. The van der Waals surface area contributed by atoms with E-state index in [0.717, 1.165) is 12.1 Å². The van der Waals surface area contributed by atoms with Crippen LogP contribution in [0, 0.1) is 5.82 Å². The molecule has 3 N–H and O–H groups in total. The minimum Gasteiger partial charge on any atom is -0.355 e. The van der Waals surface area contributed by atoms with Gasteiger partial charge in [-0.1, -0.05) is 23.7 Å². The third-order valence-electron chi connectivity index (χ3n) is 3.39. The van der Waals surface area contributed by atoms with Crippen LogP contribution in [0.1, 0.15) is 17.3 Å². The van der Waals surface area contributed by atoms with Gasteiger partial charge in [-0.15, -0.1) is 0 Å². The Kier molecular flexibility index (Phi) is 6.75. The van der Waals surface area contributed by atoms with Crippen molar-refractivity contribution in [2.24, 2.45) is 0 Å². The molecule has 0 unspecified atom stereocenters. The molecule has 10 heteroatoms. The number of sulfonamides is 1. The SMILES string of the molecule is CCNC(=O)CNC(=O)c1cc(S(=O)(=O)Nc2ccccc2F)ccc1Cl. The lowest BCUT2D eigenvalue weighted by molar-refractivity contribution is -0.120. The van der Waals surface area contributed by atoms with Crippen molar-refractivity contribution in [3.8, 4) is 0 Å². The summed E-state index contributed by atoms with van der Waals surface area (Å²) in [6.45, 7) is 1.85. The van der Waals surface area contributed by atoms with Crippen LogP contribution in [-0.4, -0.2) is 33.3 Å². The van der Waals surface area contributed by atoms with Crippen molar-refractivity contribution in [2.45, 2.75) is 11.8 Å². The molecule has 0 aliphatic carbocycles. The average Bonchev–Trinajstić information content (AvgIpc) is 2.62. The van der Waals surface area contributed by atoms with Crippen LogP contribution in [0.15, 0.2) is 47.4 Å². The van der Waals surface area contributed by atoms with Crippen molar-refractivity contribution in [3.05, 3.63) is 58.9 Å². The number of carbonyl (C=O) groups excluding carboxylic acids is 2. The average molecular weight is 414 g/mol. The van der Waals surface area contributed by atoms with E-state index < -0.39 is 27.7 Å². The molecule has 2 aromatic carbocycles. The van der Waals surface area contributed by atoms with Gasteiger partial charge in [0.25, 0.3) is 15.9 Å². The molecule has 0 aromatic heterocycles. The number of benzene rings is 2. The van der Waals surface area contributed by atoms with Crippen LogP contribution in [0.2, 0.25) is 5.02 Å². The van der Waals surface area contributed by atoms with Crippen LogP contribution in [-0.2, 0) is 14.8 Å². The minimum absolute atomic E-state index is 0.00763. The summed E-state index contributed by atoms with van der Waals surface area (Å²) >= 11 is 5.97. The number of carbonyl (C=O) groups is 2. The number of likely N-dealkylation sites (N-methyl/N-ethyl adjacent to an activating group) is 1. The fourth-order valence-electron chi connectivity index (χ4n) is 2.11. The normalized spacial score (nSPS) is 10.9. The van der Waals surface area contributed by atoms with Crippen LogP contribution in [0.25, 0.3) is 0 Å². The van der Waals surface area contributed by atoms with Gasteiger partial charge in [0.15, 0.2) is 0 Å². The van der Waals surface area contributed by atoms with E-state index in [4.69, 9.17) is 11.6 Å². The summed E-state index contributed by atoms with van der Waals surface area (Å²) < 4.78 is 40.8. The van der Waals surface area contributed by atoms with Crippen molar-refractivity contribution in [3.63, 3.8) is 0 Å². The third kappa shape index (κ3) is 5.41. The number of rotatable bonds is 7. The smallest absolute Gasteiger partial charge is 0.262 e. The highest BCUT2D eigenvalue weighted by molar-refractivity contribution is 7.92. The second kappa shape index (κ2) is 8.83. The fraction of sp³-hybridized carbons (Fsp3) is 0.176. The topological polar surface area (TPSA) is 104 Å². The summed E-state index contributed by atoms with van der Waals surface area (Å²) in [5.41, 5.74) is -0.355. The van der Waals surface area contributed by atoms with E-state index in [0.29, 0.717) is 6.54 Å². The van der Waals surface area contributed by atoms with E-state index in [9.17, 15) is 22.4 Å². The zero-order valence-electron chi connectivity index (χ0n) is 14.3. The Balaban J connectivity index is 2.24. The quantitative estimate of drug-likeness (QED) is 0.646. The number of amides is 2. The van der Waals surface area contributed by atoms with E-state index >= 15 is 0 Å². The van der Waals surface area contributed by atoms with Gasteiger partial charge in [-0.05, 0) is 37.3 Å². The summed E-state index contributed by atoms with van der Waals surface area (Å²) in [6.07, 6.45) is 0. The largest absolute Gasteiger partial charge is 0.355 e. The molecule has 0 radical (unpaired) electrons. The Morgan fingerprint density at radius 2 is 1.81 bits per heavy atom. The van der Waals surface area contributed by atoms with Crippen molar-refractivity contribution >= 4 is 39.1 Å². The minimum atomic E-state index is -4.16. The van der Waals surface area contributed by atoms with Gasteiger partial charge in [0.1, 0.15) is 5.82 Å². The molecule has 27 heavy (non-hydrogen) atoms. The maximum Gasteiger partial charge on any atom is 0.262 e. The number of para-hydroxylation sites is 1. The molecule has 0 saturated heterocycles. The van der Waals surface area contributed by atoms with Gasteiger partial charge in [0, 0.05) is 6.54 Å². The zero-order chi connectivity index (χ0) is 20.0. The number of halogens is 2. The fourth-order valence-corrected chi connectivity index (χ4v) is 3.41. The molecular weight excluding hydrogens is 397 g/mol. The maximum atomic E-state index is 13.7. The van der Waals surface area contributed by atoms with E-state index in [1.165, 1.54) is 30.3 Å². The molecule has 0 spiro atoms. The molecular formula is C17H17ClFN3O4S. The Morgan fingerprint density at radius 3 is 2.48 bits per heavy atom. The Morgan fingerprint density at radius 1 is 1.11 bits per heavy atom. The van der Waals surface area contributed by atoms with E-state index in [-0.39, 0.29) is 27.7 Å². The van der Waals surface area contributed by atoms with Crippen LogP contribution in [0.4, 0.5) is 10.1 Å². The Bertz CT molecular complexity index is 966. The monoisotopic (exact) mass is 413 g/mol. The van der Waals surface area contributed by atoms with Crippen LogP contribution < -0.4 is 15.4 Å². The van der Waals surface area contributed by atoms with Crippen molar-refractivity contribution in [1.82, 2.24) is 10.6 Å². The number of anilines is 1. The molecule has 0 atom stereocenters. The summed E-state index contributed by atoms with van der Waals surface area (Å²) in [6, 6.07) is 8.75. The maximum absolute atomic E-state index is 13.7.